The number of hydrogen-bond acceptors (Lipinski definition) is 3. The van der Waals surface area contributed by atoms with Gasteiger partial charge in [-0.05, 0) is 17.7 Å². The molecule has 2 N–H and O–H groups in total. The number of halogens is 2. The monoisotopic (exact) mass is 249 g/mol. The molecule has 1 fully saturated rings. The summed E-state index contributed by atoms with van der Waals surface area (Å²) in [5, 5.41) is 13.6. The SMILES string of the molecule is COc1cc(C2(O)CNC2)ccc1Cl.Cl. The van der Waals surface area contributed by atoms with E-state index in [2.05, 4.69) is 5.32 Å². The molecule has 1 aromatic carbocycles. The van der Waals surface area contributed by atoms with Gasteiger partial charge in [0.05, 0.1) is 12.1 Å². The minimum absolute atomic E-state index is 0. The molecule has 0 atom stereocenters. The standard InChI is InChI=1S/C10H12ClNO2.ClH/c1-14-9-4-7(2-3-8(9)11)10(13)5-12-6-10;/h2-4,12-13H,5-6H2,1H3;1H. The molecular formula is C10H13Cl2NO2. The third-order valence-corrected chi connectivity index (χ3v) is 2.84. The number of methoxy groups -OCH3 is 1. The van der Waals surface area contributed by atoms with Crippen LogP contribution in [0.5, 0.6) is 5.75 Å². The Morgan fingerprint density at radius 2 is 2.13 bits per heavy atom. The van der Waals surface area contributed by atoms with Gasteiger partial charge in [-0.1, -0.05) is 17.7 Å². The van der Waals surface area contributed by atoms with E-state index in [4.69, 9.17) is 16.3 Å². The molecule has 0 aliphatic carbocycles. The fourth-order valence-electron chi connectivity index (χ4n) is 1.52. The Morgan fingerprint density at radius 1 is 1.47 bits per heavy atom. The van der Waals surface area contributed by atoms with E-state index in [1.807, 2.05) is 6.07 Å². The zero-order valence-corrected chi connectivity index (χ0v) is 9.86. The van der Waals surface area contributed by atoms with Crippen molar-refractivity contribution in [1.82, 2.24) is 5.32 Å². The smallest absolute Gasteiger partial charge is 0.137 e. The number of rotatable bonds is 2. The quantitative estimate of drug-likeness (QED) is 0.837. The molecule has 1 aromatic rings. The topological polar surface area (TPSA) is 41.5 Å². The molecule has 0 spiro atoms. The van der Waals surface area contributed by atoms with Gasteiger partial charge in [0.25, 0.3) is 0 Å². The second-order valence-electron chi connectivity index (χ2n) is 3.48. The van der Waals surface area contributed by atoms with Crippen LogP contribution in [0.15, 0.2) is 18.2 Å². The number of β-amino-alcohol motifs (C(OH)–C–C–N with tert-alkyl or cyclic N) is 1. The third kappa shape index (κ3) is 2.21. The van der Waals surface area contributed by atoms with E-state index in [0.717, 1.165) is 5.56 Å². The number of hydrogen-bond donors (Lipinski definition) is 2. The van der Waals surface area contributed by atoms with Crippen LogP contribution in [0.3, 0.4) is 0 Å². The Balaban J connectivity index is 0.00000112. The van der Waals surface area contributed by atoms with Crippen LogP contribution in [0.25, 0.3) is 0 Å². The van der Waals surface area contributed by atoms with Crippen molar-refractivity contribution in [2.75, 3.05) is 20.2 Å². The van der Waals surface area contributed by atoms with Crippen LogP contribution >= 0.6 is 24.0 Å². The van der Waals surface area contributed by atoms with Gasteiger partial charge in [-0.15, -0.1) is 12.4 Å². The molecule has 1 aliphatic heterocycles. The van der Waals surface area contributed by atoms with E-state index in [0.29, 0.717) is 23.9 Å². The lowest BCUT2D eigenvalue weighted by atomic mass is 9.88. The Labute approximate surface area is 99.8 Å². The highest BCUT2D eigenvalue weighted by Crippen LogP contribution is 2.32. The highest BCUT2D eigenvalue weighted by atomic mass is 35.5. The van der Waals surface area contributed by atoms with Crippen LogP contribution in [0.2, 0.25) is 5.02 Å². The first-order valence-corrected chi connectivity index (χ1v) is 4.81. The minimum atomic E-state index is -0.752. The van der Waals surface area contributed by atoms with Crippen molar-refractivity contribution < 1.29 is 9.84 Å². The second kappa shape index (κ2) is 4.58. The van der Waals surface area contributed by atoms with Gasteiger partial charge in [0.2, 0.25) is 0 Å². The predicted molar refractivity (Wildman–Crippen MR) is 62.0 cm³/mol. The van der Waals surface area contributed by atoms with Crippen molar-refractivity contribution in [2.24, 2.45) is 0 Å². The molecule has 1 heterocycles. The lowest BCUT2D eigenvalue weighted by Gasteiger charge is -2.38. The molecular weight excluding hydrogens is 237 g/mol. The number of aliphatic hydroxyl groups is 1. The Kier molecular flexibility index (Phi) is 3.84. The normalized spacial score (nSPS) is 17.5. The van der Waals surface area contributed by atoms with Crippen LogP contribution in [0.1, 0.15) is 5.56 Å². The van der Waals surface area contributed by atoms with Crippen LogP contribution in [-0.2, 0) is 5.60 Å². The summed E-state index contributed by atoms with van der Waals surface area (Å²) in [4.78, 5) is 0. The van der Waals surface area contributed by atoms with Crippen molar-refractivity contribution in [3.05, 3.63) is 28.8 Å². The molecule has 0 aromatic heterocycles. The summed E-state index contributed by atoms with van der Waals surface area (Å²) in [7, 11) is 1.56. The van der Waals surface area contributed by atoms with Gasteiger partial charge < -0.3 is 15.2 Å². The van der Waals surface area contributed by atoms with Gasteiger partial charge in [-0.25, -0.2) is 0 Å². The Morgan fingerprint density at radius 3 is 2.60 bits per heavy atom. The molecule has 1 aliphatic rings. The minimum Gasteiger partial charge on any atom is -0.495 e. The molecule has 0 saturated carbocycles. The average Bonchev–Trinajstić information content (AvgIpc) is 2.15. The van der Waals surface area contributed by atoms with Crippen molar-refractivity contribution in [3.8, 4) is 5.75 Å². The zero-order valence-electron chi connectivity index (χ0n) is 8.29. The van der Waals surface area contributed by atoms with Gasteiger partial charge in [0.15, 0.2) is 0 Å². The summed E-state index contributed by atoms with van der Waals surface area (Å²) in [6.07, 6.45) is 0. The van der Waals surface area contributed by atoms with Gasteiger partial charge in [0, 0.05) is 13.1 Å². The van der Waals surface area contributed by atoms with E-state index in [-0.39, 0.29) is 12.4 Å². The van der Waals surface area contributed by atoms with E-state index in [1.165, 1.54) is 0 Å². The summed E-state index contributed by atoms with van der Waals surface area (Å²) in [6, 6.07) is 5.35. The fourth-order valence-corrected chi connectivity index (χ4v) is 1.71. The largest absolute Gasteiger partial charge is 0.495 e. The van der Waals surface area contributed by atoms with Gasteiger partial charge in [-0.3, -0.25) is 0 Å². The van der Waals surface area contributed by atoms with Crippen LogP contribution in [0.4, 0.5) is 0 Å². The van der Waals surface area contributed by atoms with Gasteiger partial charge in [0.1, 0.15) is 11.4 Å². The maximum atomic E-state index is 10.0. The number of nitrogens with one attached hydrogen (secondary N) is 1. The van der Waals surface area contributed by atoms with E-state index < -0.39 is 5.60 Å². The lowest BCUT2D eigenvalue weighted by molar-refractivity contribution is -0.0148. The van der Waals surface area contributed by atoms with Crippen molar-refractivity contribution >= 4 is 24.0 Å². The van der Waals surface area contributed by atoms with Gasteiger partial charge in [-0.2, -0.15) is 0 Å². The summed E-state index contributed by atoms with van der Waals surface area (Å²) < 4.78 is 5.09. The van der Waals surface area contributed by atoms with Crippen molar-refractivity contribution in [2.45, 2.75) is 5.60 Å². The highest BCUT2D eigenvalue weighted by Gasteiger charge is 2.36. The number of benzene rings is 1. The van der Waals surface area contributed by atoms with E-state index >= 15 is 0 Å². The first-order chi connectivity index (χ1) is 6.65. The predicted octanol–water partition coefficient (Wildman–Crippen LogP) is 1.56. The molecule has 15 heavy (non-hydrogen) atoms. The van der Waals surface area contributed by atoms with E-state index in [9.17, 15) is 5.11 Å². The molecule has 5 heteroatoms. The highest BCUT2D eigenvalue weighted by molar-refractivity contribution is 6.32. The Hall–Kier alpha value is -0.480. The summed E-state index contributed by atoms with van der Waals surface area (Å²) >= 11 is 5.89. The summed E-state index contributed by atoms with van der Waals surface area (Å²) in [5.74, 6) is 0.601. The van der Waals surface area contributed by atoms with Crippen molar-refractivity contribution in [3.63, 3.8) is 0 Å². The first kappa shape index (κ1) is 12.6. The summed E-state index contributed by atoms with van der Waals surface area (Å²) in [6.45, 7) is 1.16. The molecule has 2 rings (SSSR count). The average molecular weight is 250 g/mol. The second-order valence-corrected chi connectivity index (χ2v) is 3.89. The van der Waals surface area contributed by atoms with Crippen LogP contribution in [0, 0.1) is 0 Å². The fraction of sp³-hybridized carbons (Fsp3) is 0.400. The maximum Gasteiger partial charge on any atom is 0.137 e. The maximum absolute atomic E-state index is 10.0. The Bertz CT molecular complexity index is 353. The molecule has 0 unspecified atom stereocenters. The molecule has 84 valence electrons. The van der Waals surface area contributed by atoms with Crippen LogP contribution in [-0.4, -0.2) is 25.3 Å². The molecule has 3 nitrogen and oxygen atoms in total. The zero-order chi connectivity index (χ0) is 10.2. The third-order valence-electron chi connectivity index (χ3n) is 2.52. The molecule has 0 radical (unpaired) electrons. The molecule has 0 bridgehead atoms. The molecule has 0 amide bonds. The van der Waals surface area contributed by atoms with Crippen molar-refractivity contribution in [1.29, 1.82) is 0 Å². The lowest BCUT2D eigenvalue weighted by Crippen LogP contribution is -2.56. The molecule has 1 saturated heterocycles. The van der Waals surface area contributed by atoms with Gasteiger partial charge >= 0.3 is 0 Å². The van der Waals surface area contributed by atoms with E-state index in [1.54, 1.807) is 19.2 Å². The first-order valence-electron chi connectivity index (χ1n) is 4.43. The number of ether oxygens (including phenoxy) is 1. The summed E-state index contributed by atoms with van der Waals surface area (Å²) in [5.41, 5.74) is 0.0928. The van der Waals surface area contributed by atoms with Crippen LogP contribution < -0.4 is 10.1 Å².